The number of aryl methyl sites for hydroxylation is 2. The molecule has 2 unspecified atom stereocenters. The molecule has 1 amide bonds. The Morgan fingerprint density at radius 2 is 1.96 bits per heavy atom. The molecule has 1 aliphatic heterocycles. The second-order valence-electron chi connectivity index (χ2n) is 8.85. The number of alkyl carbamates (subject to hydrolysis) is 1. The van der Waals surface area contributed by atoms with Gasteiger partial charge in [0.25, 0.3) is 0 Å². The predicted octanol–water partition coefficient (Wildman–Crippen LogP) is 5.14. The van der Waals surface area contributed by atoms with E-state index in [-0.39, 0.29) is 12.1 Å². The lowest BCUT2D eigenvalue weighted by atomic mass is 9.85. The van der Waals surface area contributed by atoms with Gasteiger partial charge in [-0.05, 0) is 69.4 Å². The fourth-order valence-corrected chi connectivity index (χ4v) is 4.14. The summed E-state index contributed by atoms with van der Waals surface area (Å²) in [4.78, 5) is 12.3. The van der Waals surface area contributed by atoms with E-state index in [2.05, 4.69) is 54.1 Å². The van der Waals surface area contributed by atoms with Crippen molar-refractivity contribution in [3.63, 3.8) is 0 Å². The highest BCUT2D eigenvalue weighted by Crippen LogP contribution is 2.30. The standard InChI is InChI=1S/C22H32N2O2/c1-15(2)20(23-21(25)26-22(3,4)5)16-10-11-18-14-17-8-6-7-9-19(17)24(18)13-12-16/h6-9,14-16,20H,10-13H2,1-5H3,(H,23,25). The number of nitrogens with zero attached hydrogens (tertiary/aromatic N) is 1. The van der Waals surface area contributed by atoms with Crippen molar-refractivity contribution in [3.05, 3.63) is 36.0 Å². The number of amides is 1. The Bertz CT molecular complexity index is 770. The number of para-hydroxylation sites is 1. The van der Waals surface area contributed by atoms with E-state index in [0.717, 1.165) is 25.8 Å². The van der Waals surface area contributed by atoms with Gasteiger partial charge in [0.15, 0.2) is 0 Å². The molecule has 0 radical (unpaired) electrons. The number of hydrogen-bond acceptors (Lipinski definition) is 2. The van der Waals surface area contributed by atoms with Crippen LogP contribution in [0.3, 0.4) is 0 Å². The molecule has 0 aliphatic carbocycles. The molecule has 3 rings (SSSR count). The van der Waals surface area contributed by atoms with E-state index in [0.29, 0.717) is 11.8 Å². The summed E-state index contributed by atoms with van der Waals surface area (Å²) >= 11 is 0. The molecule has 1 N–H and O–H groups in total. The molecule has 2 aromatic rings. The van der Waals surface area contributed by atoms with Gasteiger partial charge in [0.2, 0.25) is 0 Å². The summed E-state index contributed by atoms with van der Waals surface area (Å²) in [5.74, 6) is 0.836. The summed E-state index contributed by atoms with van der Waals surface area (Å²) in [6, 6.07) is 11.1. The van der Waals surface area contributed by atoms with Crippen LogP contribution in [0.2, 0.25) is 0 Å². The van der Waals surface area contributed by atoms with Crippen molar-refractivity contribution in [2.45, 2.75) is 72.1 Å². The Balaban J connectivity index is 1.73. The van der Waals surface area contributed by atoms with Crippen LogP contribution < -0.4 is 5.32 Å². The first-order chi connectivity index (χ1) is 12.2. The van der Waals surface area contributed by atoms with Crippen LogP contribution in [0, 0.1) is 11.8 Å². The van der Waals surface area contributed by atoms with Gasteiger partial charge in [-0.15, -0.1) is 0 Å². The van der Waals surface area contributed by atoms with E-state index in [9.17, 15) is 4.79 Å². The summed E-state index contributed by atoms with van der Waals surface area (Å²) in [6.07, 6.45) is 2.92. The lowest BCUT2D eigenvalue weighted by molar-refractivity contribution is 0.0460. The van der Waals surface area contributed by atoms with Gasteiger partial charge in [0.05, 0.1) is 0 Å². The molecule has 0 fully saturated rings. The normalized spacial score (nSPS) is 19.1. The van der Waals surface area contributed by atoms with E-state index in [1.807, 2.05) is 20.8 Å². The molecule has 0 saturated heterocycles. The van der Waals surface area contributed by atoms with Gasteiger partial charge in [0, 0.05) is 23.8 Å². The highest BCUT2D eigenvalue weighted by atomic mass is 16.6. The topological polar surface area (TPSA) is 43.3 Å². The predicted molar refractivity (Wildman–Crippen MR) is 106 cm³/mol. The average molecular weight is 357 g/mol. The monoisotopic (exact) mass is 356 g/mol. The molecular weight excluding hydrogens is 324 g/mol. The van der Waals surface area contributed by atoms with E-state index in [4.69, 9.17) is 4.74 Å². The second-order valence-corrected chi connectivity index (χ2v) is 8.85. The number of nitrogens with one attached hydrogen (secondary N) is 1. The molecule has 1 aromatic carbocycles. The van der Waals surface area contributed by atoms with Crippen molar-refractivity contribution in [1.29, 1.82) is 0 Å². The first-order valence-electron chi connectivity index (χ1n) is 9.81. The number of aromatic nitrogens is 1. The van der Waals surface area contributed by atoms with Crippen molar-refractivity contribution in [2.75, 3.05) is 0 Å². The summed E-state index contributed by atoms with van der Waals surface area (Å²) in [5.41, 5.74) is 2.27. The molecule has 0 spiro atoms. The van der Waals surface area contributed by atoms with Crippen LogP contribution in [-0.4, -0.2) is 22.3 Å². The van der Waals surface area contributed by atoms with Crippen molar-refractivity contribution in [3.8, 4) is 0 Å². The second kappa shape index (κ2) is 7.34. The molecule has 4 heteroatoms. The molecule has 0 saturated carbocycles. The van der Waals surface area contributed by atoms with Crippen molar-refractivity contribution in [2.24, 2.45) is 11.8 Å². The average Bonchev–Trinajstić information content (AvgIpc) is 2.76. The van der Waals surface area contributed by atoms with E-state index >= 15 is 0 Å². The number of hydrogen-bond donors (Lipinski definition) is 1. The lowest BCUT2D eigenvalue weighted by Gasteiger charge is -2.31. The lowest BCUT2D eigenvalue weighted by Crippen LogP contribution is -2.46. The van der Waals surface area contributed by atoms with Gasteiger partial charge in [0.1, 0.15) is 5.60 Å². The van der Waals surface area contributed by atoms with Crippen LogP contribution in [0.1, 0.15) is 53.2 Å². The van der Waals surface area contributed by atoms with Crippen molar-refractivity contribution >= 4 is 17.0 Å². The van der Waals surface area contributed by atoms with Crippen molar-refractivity contribution < 1.29 is 9.53 Å². The maximum absolute atomic E-state index is 12.3. The van der Waals surface area contributed by atoms with Crippen LogP contribution in [0.5, 0.6) is 0 Å². The van der Waals surface area contributed by atoms with Gasteiger partial charge in [-0.3, -0.25) is 0 Å². The number of rotatable bonds is 3. The van der Waals surface area contributed by atoms with Crippen LogP contribution in [-0.2, 0) is 17.7 Å². The van der Waals surface area contributed by atoms with Crippen LogP contribution >= 0.6 is 0 Å². The van der Waals surface area contributed by atoms with E-state index in [1.165, 1.54) is 16.6 Å². The third-order valence-electron chi connectivity index (χ3n) is 5.30. The first-order valence-corrected chi connectivity index (χ1v) is 9.81. The van der Waals surface area contributed by atoms with Crippen molar-refractivity contribution in [1.82, 2.24) is 9.88 Å². The maximum atomic E-state index is 12.3. The van der Waals surface area contributed by atoms with E-state index < -0.39 is 5.60 Å². The first kappa shape index (κ1) is 18.8. The quantitative estimate of drug-likeness (QED) is 0.827. The van der Waals surface area contributed by atoms with Gasteiger partial charge in [-0.25, -0.2) is 4.79 Å². The Hall–Kier alpha value is -1.97. The minimum absolute atomic E-state index is 0.140. The summed E-state index contributed by atoms with van der Waals surface area (Å²) in [6.45, 7) is 11.1. The van der Waals surface area contributed by atoms with Crippen LogP contribution in [0.4, 0.5) is 4.79 Å². The summed E-state index contributed by atoms with van der Waals surface area (Å²) in [5, 5.41) is 4.48. The van der Waals surface area contributed by atoms with Gasteiger partial charge < -0.3 is 14.6 Å². The molecule has 1 aliphatic rings. The highest BCUT2D eigenvalue weighted by Gasteiger charge is 2.30. The Morgan fingerprint density at radius 3 is 2.65 bits per heavy atom. The van der Waals surface area contributed by atoms with Gasteiger partial charge >= 0.3 is 6.09 Å². The number of ether oxygens (including phenoxy) is 1. The third kappa shape index (κ3) is 4.22. The summed E-state index contributed by atoms with van der Waals surface area (Å²) in [7, 11) is 0. The molecule has 4 nitrogen and oxygen atoms in total. The number of fused-ring (bicyclic) bond motifs is 3. The third-order valence-corrected chi connectivity index (χ3v) is 5.30. The highest BCUT2D eigenvalue weighted by molar-refractivity contribution is 5.81. The van der Waals surface area contributed by atoms with Gasteiger partial charge in [-0.1, -0.05) is 32.0 Å². The molecule has 0 bridgehead atoms. The molecule has 142 valence electrons. The SMILES string of the molecule is CC(C)C(NC(=O)OC(C)(C)C)C1CCc2cc3ccccc3n2CC1. The van der Waals surface area contributed by atoms with Crippen LogP contribution in [0.25, 0.3) is 10.9 Å². The number of benzene rings is 1. The fraction of sp³-hybridized carbons (Fsp3) is 0.591. The zero-order valence-corrected chi connectivity index (χ0v) is 16.7. The zero-order chi connectivity index (χ0) is 18.9. The molecule has 2 heterocycles. The Morgan fingerprint density at radius 1 is 1.23 bits per heavy atom. The molecule has 2 atom stereocenters. The molecular formula is C22H32N2O2. The van der Waals surface area contributed by atoms with E-state index in [1.54, 1.807) is 0 Å². The largest absolute Gasteiger partial charge is 0.444 e. The van der Waals surface area contributed by atoms with Gasteiger partial charge in [-0.2, -0.15) is 0 Å². The molecule has 1 aromatic heterocycles. The minimum Gasteiger partial charge on any atom is -0.444 e. The Kier molecular flexibility index (Phi) is 5.31. The smallest absolute Gasteiger partial charge is 0.407 e. The zero-order valence-electron chi connectivity index (χ0n) is 16.7. The Labute approximate surface area is 156 Å². The number of carbonyl (C=O) groups is 1. The fourth-order valence-electron chi connectivity index (χ4n) is 4.14. The molecule has 26 heavy (non-hydrogen) atoms. The minimum atomic E-state index is -0.466. The summed E-state index contributed by atoms with van der Waals surface area (Å²) < 4.78 is 7.95. The number of carbonyl (C=O) groups excluding carboxylic acids is 1. The van der Waals surface area contributed by atoms with Crippen LogP contribution in [0.15, 0.2) is 30.3 Å². The maximum Gasteiger partial charge on any atom is 0.407 e.